The van der Waals surface area contributed by atoms with E-state index in [1.54, 1.807) is 0 Å². The van der Waals surface area contributed by atoms with Crippen molar-refractivity contribution < 1.29 is 0 Å². The van der Waals surface area contributed by atoms with Crippen LogP contribution in [0.4, 0.5) is 0 Å². The molecule has 4 heteroatoms. The number of hydrogen-bond donors (Lipinski definition) is 1. The fourth-order valence-electron chi connectivity index (χ4n) is 3.29. The van der Waals surface area contributed by atoms with Gasteiger partial charge < -0.3 is 9.88 Å². The van der Waals surface area contributed by atoms with E-state index in [1.807, 2.05) is 31.8 Å². The van der Waals surface area contributed by atoms with E-state index >= 15 is 0 Å². The average molecular weight is 324 g/mol. The second-order valence-electron chi connectivity index (χ2n) is 6.09. The molecular weight excluding hydrogens is 306 g/mol. The summed E-state index contributed by atoms with van der Waals surface area (Å²) in [6.07, 6.45) is 14.2. The Kier molecular flexibility index (Phi) is 3.58. The van der Waals surface area contributed by atoms with E-state index < -0.39 is 0 Å². The fourth-order valence-corrected chi connectivity index (χ4v) is 3.46. The number of fused-ring (bicyclic) bond motifs is 2. The van der Waals surface area contributed by atoms with E-state index in [2.05, 4.69) is 45.2 Å². The predicted molar refractivity (Wildman–Crippen MR) is 94.2 cm³/mol. The third-order valence-electron chi connectivity index (χ3n) is 4.56. The molecule has 116 valence electrons. The summed E-state index contributed by atoms with van der Waals surface area (Å²) in [6.45, 7) is 0. The maximum absolute atomic E-state index is 6.27. The average Bonchev–Trinajstić information content (AvgIpc) is 2.88. The van der Waals surface area contributed by atoms with Crippen molar-refractivity contribution >= 4 is 17.2 Å². The van der Waals surface area contributed by atoms with Crippen LogP contribution in [0.1, 0.15) is 16.8 Å². The van der Waals surface area contributed by atoms with Crippen molar-refractivity contribution in [3.05, 3.63) is 82.6 Å². The molecule has 1 atom stereocenters. The van der Waals surface area contributed by atoms with E-state index in [4.69, 9.17) is 11.6 Å². The second-order valence-corrected chi connectivity index (χ2v) is 6.53. The molecule has 1 N–H and O–H groups in total. The van der Waals surface area contributed by atoms with E-state index in [0.717, 1.165) is 17.9 Å². The number of allylic oxidation sites excluding steroid dienone is 3. The monoisotopic (exact) mass is 323 g/mol. The Morgan fingerprint density at radius 3 is 3.13 bits per heavy atom. The Bertz CT molecular complexity index is 842. The molecule has 0 amide bonds. The summed E-state index contributed by atoms with van der Waals surface area (Å²) in [5, 5.41) is 4.25. The maximum atomic E-state index is 6.27. The van der Waals surface area contributed by atoms with E-state index in [9.17, 15) is 0 Å². The van der Waals surface area contributed by atoms with Gasteiger partial charge in [0.05, 0.1) is 12.4 Å². The lowest BCUT2D eigenvalue weighted by Gasteiger charge is -2.20. The first-order chi connectivity index (χ1) is 11.2. The van der Waals surface area contributed by atoms with Crippen LogP contribution in [0.15, 0.2) is 60.7 Å². The fraction of sp³-hybridized carbons (Fsp3) is 0.211. The van der Waals surface area contributed by atoms with Crippen molar-refractivity contribution in [1.82, 2.24) is 14.9 Å². The first-order valence-electron chi connectivity index (χ1n) is 7.78. The molecule has 4 rings (SSSR count). The molecule has 0 bridgehead atoms. The number of benzene rings is 1. The van der Waals surface area contributed by atoms with Gasteiger partial charge in [-0.05, 0) is 53.1 Å². The van der Waals surface area contributed by atoms with Crippen LogP contribution in [0.2, 0.25) is 5.02 Å². The molecule has 0 fully saturated rings. The minimum Gasteiger partial charge on any atom is -0.384 e. The zero-order valence-corrected chi connectivity index (χ0v) is 13.7. The Balaban J connectivity index is 1.83. The lowest BCUT2D eigenvalue weighted by molar-refractivity contribution is 0.668. The van der Waals surface area contributed by atoms with Crippen LogP contribution < -0.4 is 5.32 Å². The Hall–Kier alpha value is -2.26. The van der Waals surface area contributed by atoms with Crippen LogP contribution in [-0.4, -0.2) is 15.6 Å². The van der Waals surface area contributed by atoms with Gasteiger partial charge in [-0.2, -0.15) is 0 Å². The molecule has 1 aliphatic carbocycles. The van der Waals surface area contributed by atoms with Crippen LogP contribution in [0, 0.1) is 0 Å². The minimum atomic E-state index is 0.323. The number of halogens is 1. The summed E-state index contributed by atoms with van der Waals surface area (Å²) in [6, 6.07) is 6.54. The molecule has 0 radical (unpaired) electrons. The highest BCUT2D eigenvalue weighted by Gasteiger charge is 2.22. The molecule has 0 saturated carbocycles. The summed E-state index contributed by atoms with van der Waals surface area (Å²) < 4.78 is 2.07. The summed E-state index contributed by atoms with van der Waals surface area (Å²) in [4.78, 5) is 4.24. The van der Waals surface area contributed by atoms with Crippen molar-refractivity contribution in [3.8, 4) is 0 Å². The van der Waals surface area contributed by atoms with Gasteiger partial charge in [0.1, 0.15) is 0 Å². The summed E-state index contributed by atoms with van der Waals surface area (Å²) in [5.41, 5.74) is 6.38. The Labute approximate surface area is 141 Å². The molecule has 2 heterocycles. The number of hydrogen-bond acceptors (Lipinski definition) is 2. The number of nitrogens with one attached hydrogen (secondary N) is 1. The SMILES string of the molecule is Cn1cncc1CC1=CC2=CC=CNC2Cc2ccc(Cl)cc21. The zero-order valence-electron chi connectivity index (χ0n) is 13.0. The molecule has 0 saturated heterocycles. The van der Waals surface area contributed by atoms with Gasteiger partial charge in [0.25, 0.3) is 0 Å². The van der Waals surface area contributed by atoms with Crippen molar-refractivity contribution in [1.29, 1.82) is 0 Å². The van der Waals surface area contributed by atoms with Gasteiger partial charge in [-0.15, -0.1) is 0 Å². The molecule has 3 nitrogen and oxygen atoms in total. The van der Waals surface area contributed by atoms with Crippen molar-refractivity contribution in [2.24, 2.45) is 7.05 Å². The zero-order chi connectivity index (χ0) is 15.8. The molecule has 1 aromatic heterocycles. The smallest absolute Gasteiger partial charge is 0.0945 e. The van der Waals surface area contributed by atoms with Crippen LogP contribution >= 0.6 is 11.6 Å². The standard InChI is InChI=1S/C19H18ClN3/c1-23-12-21-11-17(23)8-15-7-14-3-2-6-22-19(14)9-13-4-5-16(20)10-18(13)15/h2-7,10-12,19,22H,8-9H2,1H3. The summed E-state index contributed by atoms with van der Waals surface area (Å²) >= 11 is 6.27. The third-order valence-corrected chi connectivity index (χ3v) is 4.79. The first-order valence-corrected chi connectivity index (χ1v) is 8.16. The first kappa shape index (κ1) is 14.3. The molecule has 2 aromatic rings. The van der Waals surface area contributed by atoms with Gasteiger partial charge in [-0.3, -0.25) is 0 Å². The number of aryl methyl sites for hydroxylation is 1. The van der Waals surface area contributed by atoms with Crippen molar-refractivity contribution in [2.45, 2.75) is 18.9 Å². The van der Waals surface area contributed by atoms with Crippen molar-refractivity contribution in [2.75, 3.05) is 0 Å². The largest absolute Gasteiger partial charge is 0.384 e. The third kappa shape index (κ3) is 2.73. The molecule has 1 unspecified atom stereocenters. The number of aromatic nitrogens is 2. The summed E-state index contributed by atoms with van der Waals surface area (Å²) in [5.74, 6) is 0. The van der Waals surface area contributed by atoms with Crippen LogP contribution in [-0.2, 0) is 19.9 Å². The quantitative estimate of drug-likeness (QED) is 0.914. The predicted octanol–water partition coefficient (Wildman–Crippen LogP) is 3.67. The summed E-state index contributed by atoms with van der Waals surface area (Å²) in [7, 11) is 2.03. The Morgan fingerprint density at radius 2 is 2.30 bits per heavy atom. The van der Waals surface area contributed by atoms with Crippen LogP contribution in [0.3, 0.4) is 0 Å². The second kappa shape index (κ2) is 5.74. The number of rotatable bonds is 2. The van der Waals surface area contributed by atoms with Crippen LogP contribution in [0.25, 0.3) is 5.57 Å². The molecular formula is C19H18ClN3. The van der Waals surface area contributed by atoms with Gasteiger partial charge in [0, 0.05) is 30.4 Å². The molecule has 2 aliphatic rings. The number of dihydropyridines is 1. The molecule has 1 aliphatic heterocycles. The van der Waals surface area contributed by atoms with E-state index in [0.29, 0.717) is 6.04 Å². The van der Waals surface area contributed by atoms with Crippen LogP contribution in [0.5, 0.6) is 0 Å². The van der Waals surface area contributed by atoms with Gasteiger partial charge in [0.2, 0.25) is 0 Å². The van der Waals surface area contributed by atoms with Crippen molar-refractivity contribution in [3.63, 3.8) is 0 Å². The molecule has 0 spiro atoms. The Morgan fingerprint density at radius 1 is 1.39 bits per heavy atom. The lowest BCUT2D eigenvalue weighted by Crippen LogP contribution is -2.29. The minimum absolute atomic E-state index is 0.323. The van der Waals surface area contributed by atoms with Gasteiger partial charge in [-0.1, -0.05) is 29.8 Å². The van der Waals surface area contributed by atoms with E-state index in [1.165, 1.54) is 28.0 Å². The molecule has 1 aromatic carbocycles. The number of imidazole rings is 1. The van der Waals surface area contributed by atoms with E-state index in [-0.39, 0.29) is 0 Å². The molecule has 23 heavy (non-hydrogen) atoms. The van der Waals surface area contributed by atoms with Gasteiger partial charge >= 0.3 is 0 Å². The van der Waals surface area contributed by atoms with Gasteiger partial charge in [0.15, 0.2) is 0 Å². The highest BCUT2D eigenvalue weighted by Crippen LogP contribution is 2.33. The lowest BCUT2D eigenvalue weighted by atomic mass is 9.95. The topological polar surface area (TPSA) is 29.9 Å². The normalized spacial score (nSPS) is 19.1. The van der Waals surface area contributed by atoms with Gasteiger partial charge in [-0.25, -0.2) is 4.98 Å². The highest BCUT2D eigenvalue weighted by molar-refractivity contribution is 6.30. The maximum Gasteiger partial charge on any atom is 0.0945 e. The number of nitrogens with zero attached hydrogens (tertiary/aromatic N) is 2. The highest BCUT2D eigenvalue weighted by atomic mass is 35.5.